The maximum absolute atomic E-state index is 13.7. The molecule has 0 amide bonds. The van der Waals surface area contributed by atoms with Gasteiger partial charge >= 0.3 is 0 Å². The van der Waals surface area contributed by atoms with Crippen LogP contribution in [0.3, 0.4) is 0 Å². The number of rotatable bonds is 3. The summed E-state index contributed by atoms with van der Waals surface area (Å²) in [5, 5.41) is 0. The van der Waals surface area contributed by atoms with Crippen LogP contribution in [0.5, 0.6) is 5.75 Å². The lowest BCUT2D eigenvalue weighted by Crippen LogP contribution is -2.00. The molecule has 0 fully saturated rings. The van der Waals surface area contributed by atoms with E-state index in [0.29, 0.717) is 17.4 Å². The van der Waals surface area contributed by atoms with Crippen molar-refractivity contribution in [2.75, 3.05) is 7.11 Å². The highest BCUT2D eigenvalue weighted by molar-refractivity contribution is 9.09. The first-order chi connectivity index (χ1) is 9.02. The molecule has 0 heterocycles. The Labute approximate surface area is 117 Å². The summed E-state index contributed by atoms with van der Waals surface area (Å²) in [4.78, 5) is -0.562. The predicted octanol–water partition coefficient (Wildman–Crippen LogP) is 4.60. The highest BCUT2D eigenvalue weighted by Gasteiger charge is 2.18. The molecule has 0 saturated heterocycles. The number of alkyl halides is 1. The molecule has 0 bridgehead atoms. The van der Waals surface area contributed by atoms with Gasteiger partial charge in [0.2, 0.25) is 0 Å². The third-order valence-corrected chi connectivity index (χ3v) is 3.74. The molecule has 19 heavy (non-hydrogen) atoms. The van der Waals surface area contributed by atoms with Crippen LogP contribution in [0.15, 0.2) is 36.4 Å². The van der Waals surface area contributed by atoms with Crippen LogP contribution in [0, 0.1) is 17.5 Å². The highest BCUT2D eigenvalue weighted by atomic mass is 79.9. The van der Waals surface area contributed by atoms with Gasteiger partial charge in [-0.05, 0) is 23.8 Å². The summed E-state index contributed by atoms with van der Waals surface area (Å²) in [6.45, 7) is 0. The minimum atomic E-state index is -1.20. The van der Waals surface area contributed by atoms with Crippen molar-refractivity contribution >= 4 is 15.9 Å². The van der Waals surface area contributed by atoms with Gasteiger partial charge in [-0.3, -0.25) is 0 Å². The van der Waals surface area contributed by atoms with E-state index in [1.807, 2.05) is 0 Å². The van der Waals surface area contributed by atoms with Crippen LogP contribution in [-0.2, 0) is 0 Å². The summed E-state index contributed by atoms with van der Waals surface area (Å²) in [5.74, 6) is -2.41. The Morgan fingerprint density at radius 3 is 2.11 bits per heavy atom. The lowest BCUT2D eigenvalue weighted by molar-refractivity contribution is 0.414. The average Bonchev–Trinajstić information content (AvgIpc) is 2.42. The molecular formula is C14H10BrF3O. The lowest BCUT2D eigenvalue weighted by atomic mass is 10.0. The van der Waals surface area contributed by atoms with Crippen LogP contribution >= 0.6 is 15.9 Å². The van der Waals surface area contributed by atoms with Crippen LogP contribution in [-0.4, -0.2) is 7.11 Å². The van der Waals surface area contributed by atoms with Crippen LogP contribution in [0.4, 0.5) is 13.2 Å². The van der Waals surface area contributed by atoms with Gasteiger partial charge in [0, 0.05) is 11.6 Å². The number of hydrogen-bond donors (Lipinski definition) is 0. The molecule has 5 heteroatoms. The van der Waals surface area contributed by atoms with Crippen LogP contribution in [0.2, 0.25) is 0 Å². The van der Waals surface area contributed by atoms with Crippen molar-refractivity contribution in [3.05, 3.63) is 65.0 Å². The molecule has 0 radical (unpaired) electrons. The third kappa shape index (κ3) is 2.92. The first kappa shape index (κ1) is 13.9. The Hall–Kier alpha value is -1.49. The van der Waals surface area contributed by atoms with Crippen molar-refractivity contribution in [2.45, 2.75) is 4.83 Å². The molecule has 1 atom stereocenters. The van der Waals surface area contributed by atoms with E-state index >= 15 is 0 Å². The Kier molecular flexibility index (Phi) is 4.14. The standard InChI is InChI=1S/C14H10BrF3O/c1-19-9-4-2-8(3-5-9)14(15)10-6-12(17)13(18)7-11(10)16/h2-7,14H,1H3. The van der Waals surface area contributed by atoms with Crippen molar-refractivity contribution in [1.82, 2.24) is 0 Å². The molecule has 2 rings (SSSR count). The number of benzene rings is 2. The number of halogens is 4. The number of hydrogen-bond acceptors (Lipinski definition) is 1. The second-order valence-corrected chi connectivity index (χ2v) is 4.84. The van der Waals surface area contributed by atoms with Gasteiger partial charge < -0.3 is 4.74 Å². The van der Waals surface area contributed by atoms with E-state index in [0.717, 1.165) is 6.07 Å². The molecule has 0 aromatic heterocycles. The number of ether oxygens (including phenoxy) is 1. The van der Waals surface area contributed by atoms with Gasteiger partial charge in [-0.1, -0.05) is 28.1 Å². The zero-order valence-corrected chi connectivity index (χ0v) is 11.5. The molecule has 0 saturated carbocycles. The quantitative estimate of drug-likeness (QED) is 0.590. The van der Waals surface area contributed by atoms with E-state index in [1.54, 1.807) is 24.3 Å². The van der Waals surface area contributed by atoms with Gasteiger partial charge in [-0.25, -0.2) is 13.2 Å². The molecular weight excluding hydrogens is 321 g/mol. The second-order valence-electron chi connectivity index (χ2n) is 3.92. The first-order valence-corrected chi connectivity index (χ1v) is 6.37. The second kappa shape index (κ2) is 5.65. The normalized spacial score (nSPS) is 12.3. The van der Waals surface area contributed by atoms with E-state index in [9.17, 15) is 13.2 Å². The summed E-state index contributed by atoms with van der Waals surface area (Å²) in [6.07, 6.45) is 0. The summed E-state index contributed by atoms with van der Waals surface area (Å²) in [7, 11) is 1.54. The fourth-order valence-corrected chi connectivity index (χ4v) is 2.34. The van der Waals surface area contributed by atoms with E-state index in [2.05, 4.69) is 15.9 Å². The van der Waals surface area contributed by atoms with Gasteiger partial charge in [0.1, 0.15) is 11.6 Å². The smallest absolute Gasteiger partial charge is 0.161 e. The number of methoxy groups -OCH3 is 1. The average molecular weight is 331 g/mol. The van der Waals surface area contributed by atoms with Crippen molar-refractivity contribution in [3.8, 4) is 5.75 Å². The highest BCUT2D eigenvalue weighted by Crippen LogP contribution is 2.34. The summed E-state index contributed by atoms with van der Waals surface area (Å²) in [6, 6.07) is 8.26. The van der Waals surface area contributed by atoms with Crippen molar-refractivity contribution in [1.29, 1.82) is 0 Å². The van der Waals surface area contributed by atoms with Gasteiger partial charge in [-0.15, -0.1) is 0 Å². The topological polar surface area (TPSA) is 9.23 Å². The van der Waals surface area contributed by atoms with E-state index < -0.39 is 22.3 Å². The molecule has 2 aromatic rings. The molecule has 0 aliphatic rings. The Morgan fingerprint density at radius 1 is 0.947 bits per heavy atom. The maximum atomic E-state index is 13.7. The van der Waals surface area contributed by atoms with E-state index in [1.165, 1.54) is 7.11 Å². The largest absolute Gasteiger partial charge is 0.497 e. The van der Waals surface area contributed by atoms with Crippen molar-refractivity contribution in [2.24, 2.45) is 0 Å². The first-order valence-electron chi connectivity index (χ1n) is 5.45. The zero-order valence-electron chi connectivity index (χ0n) is 9.96. The molecule has 2 aromatic carbocycles. The molecule has 100 valence electrons. The SMILES string of the molecule is COc1ccc(C(Br)c2cc(F)c(F)cc2F)cc1. The van der Waals surface area contributed by atoms with Crippen LogP contribution in [0.1, 0.15) is 16.0 Å². The zero-order chi connectivity index (χ0) is 14.0. The molecule has 1 unspecified atom stereocenters. The third-order valence-electron chi connectivity index (χ3n) is 2.72. The Bertz CT molecular complexity index is 584. The van der Waals surface area contributed by atoms with E-state index in [4.69, 9.17) is 4.74 Å². The summed E-state index contributed by atoms with van der Waals surface area (Å²) in [5.41, 5.74) is 0.759. The van der Waals surface area contributed by atoms with Crippen molar-refractivity contribution in [3.63, 3.8) is 0 Å². The monoisotopic (exact) mass is 330 g/mol. The molecule has 0 aliphatic heterocycles. The van der Waals surface area contributed by atoms with Gasteiger partial charge in [0.05, 0.1) is 11.9 Å². The predicted molar refractivity (Wildman–Crippen MR) is 70.1 cm³/mol. The minimum Gasteiger partial charge on any atom is -0.497 e. The fourth-order valence-electron chi connectivity index (χ4n) is 1.68. The Balaban J connectivity index is 2.37. The van der Waals surface area contributed by atoms with Crippen LogP contribution < -0.4 is 4.74 Å². The van der Waals surface area contributed by atoms with Gasteiger partial charge in [-0.2, -0.15) is 0 Å². The van der Waals surface area contributed by atoms with Gasteiger partial charge in [0.25, 0.3) is 0 Å². The molecule has 1 nitrogen and oxygen atoms in total. The summed E-state index contributed by atoms with van der Waals surface area (Å²) < 4.78 is 44.7. The summed E-state index contributed by atoms with van der Waals surface area (Å²) >= 11 is 3.28. The van der Waals surface area contributed by atoms with E-state index in [-0.39, 0.29) is 5.56 Å². The molecule has 0 spiro atoms. The Morgan fingerprint density at radius 2 is 1.53 bits per heavy atom. The fraction of sp³-hybridized carbons (Fsp3) is 0.143. The van der Waals surface area contributed by atoms with Gasteiger partial charge in [0.15, 0.2) is 11.6 Å². The van der Waals surface area contributed by atoms with Crippen LogP contribution in [0.25, 0.3) is 0 Å². The maximum Gasteiger partial charge on any atom is 0.161 e. The minimum absolute atomic E-state index is 0.0454. The molecule has 0 N–H and O–H groups in total. The van der Waals surface area contributed by atoms with Crippen molar-refractivity contribution < 1.29 is 17.9 Å². The lowest BCUT2D eigenvalue weighted by Gasteiger charge is -2.12. The molecule has 0 aliphatic carbocycles.